The number of imidazole rings is 1. The molecule has 0 fully saturated rings. The van der Waals surface area contributed by atoms with Gasteiger partial charge in [-0.3, -0.25) is 0 Å². The number of aryl methyl sites for hydroxylation is 1. The van der Waals surface area contributed by atoms with Gasteiger partial charge in [0.15, 0.2) is 0 Å². The maximum absolute atomic E-state index is 5.50. The van der Waals surface area contributed by atoms with Crippen LogP contribution in [0.3, 0.4) is 0 Å². The average Bonchev–Trinajstić information content (AvgIpc) is 2.34. The lowest BCUT2D eigenvalue weighted by Crippen LogP contribution is -1.81. The number of alkyl halides is 1. The smallest absolute Gasteiger partial charge is 0.121 e. The molecule has 0 aromatic carbocycles. The molecule has 0 amide bonds. The first-order chi connectivity index (χ1) is 4.36. The molecule has 1 rings (SSSR count). The normalized spacial score (nSPS) is 10.0. The number of hydrogen-bond acceptors (Lipinski definition) is 1. The predicted octanol–water partition coefficient (Wildman–Crippen LogP) is 1.71. The quantitative estimate of drug-likeness (QED) is 0.629. The van der Waals surface area contributed by atoms with Crippen molar-refractivity contribution in [1.29, 1.82) is 0 Å². The molecule has 0 aliphatic carbocycles. The molecule has 1 heterocycles. The molecule has 0 aliphatic rings. The van der Waals surface area contributed by atoms with E-state index < -0.39 is 0 Å². The summed E-state index contributed by atoms with van der Waals surface area (Å²) in [5, 5.41) is 0. The Morgan fingerprint density at radius 1 is 1.78 bits per heavy atom. The number of nitrogens with zero attached hydrogens (tertiary/aromatic N) is 1. The fourth-order valence-electron chi connectivity index (χ4n) is 0.653. The van der Waals surface area contributed by atoms with Crippen LogP contribution in [0.1, 0.15) is 18.4 Å². The lowest BCUT2D eigenvalue weighted by molar-refractivity contribution is 1.03. The van der Waals surface area contributed by atoms with E-state index in [0.29, 0.717) is 5.88 Å². The molecule has 0 saturated heterocycles. The number of nitrogens with one attached hydrogen (secondary N) is 1. The third-order valence-electron chi connectivity index (χ3n) is 1.19. The SMILES string of the molecule is CCc1cnc(CCl)[nH]1. The Bertz CT molecular complexity index is 164. The third-order valence-corrected chi connectivity index (χ3v) is 1.44. The van der Waals surface area contributed by atoms with Crippen LogP contribution in [0.15, 0.2) is 6.20 Å². The van der Waals surface area contributed by atoms with Crippen molar-refractivity contribution in [3.63, 3.8) is 0 Å². The van der Waals surface area contributed by atoms with Crippen LogP contribution >= 0.6 is 11.6 Å². The van der Waals surface area contributed by atoms with Gasteiger partial charge in [0.2, 0.25) is 0 Å². The highest BCUT2D eigenvalue weighted by molar-refractivity contribution is 6.16. The molecule has 0 unspecified atom stereocenters. The molecule has 2 nitrogen and oxygen atoms in total. The summed E-state index contributed by atoms with van der Waals surface area (Å²) in [6.45, 7) is 2.07. The van der Waals surface area contributed by atoms with E-state index in [-0.39, 0.29) is 0 Å². The molecule has 9 heavy (non-hydrogen) atoms. The van der Waals surface area contributed by atoms with Gasteiger partial charge in [-0.05, 0) is 6.42 Å². The Hall–Kier alpha value is -0.500. The molecule has 0 radical (unpaired) electrons. The molecular formula is C6H9ClN2. The van der Waals surface area contributed by atoms with Crippen LogP contribution in [0.25, 0.3) is 0 Å². The minimum Gasteiger partial charge on any atom is -0.345 e. The third kappa shape index (κ3) is 1.45. The average molecular weight is 145 g/mol. The van der Waals surface area contributed by atoms with Crippen molar-refractivity contribution in [2.75, 3.05) is 0 Å². The topological polar surface area (TPSA) is 28.7 Å². The molecule has 0 aliphatic heterocycles. The minimum atomic E-state index is 0.472. The second kappa shape index (κ2) is 2.87. The highest BCUT2D eigenvalue weighted by Crippen LogP contribution is 1.99. The van der Waals surface area contributed by atoms with Crippen molar-refractivity contribution in [2.45, 2.75) is 19.2 Å². The van der Waals surface area contributed by atoms with Gasteiger partial charge in [0, 0.05) is 11.9 Å². The largest absolute Gasteiger partial charge is 0.345 e. The lowest BCUT2D eigenvalue weighted by Gasteiger charge is -1.84. The van der Waals surface area contributed by atoms with Gasteiger partial charge in [-0.1, -0.05) is 6.92 Å². The molecule has 50 valence electrons. The van der Waals surface area contributed by atoms with Crippen LogP contribution in [0.5, 0.6) is 0 Å². The Labute approximate surface area is 59.3 Å². The van der Waals surface area contributed by atoms with Gasteiger partial charge < -0.3 is 4.98 Å². The van der Waals surface area contributed by atoms with Gasteiger partial charge >= 0.3 is 0 Å². The number of hydrogen-bond donors (Lipinski definition) is 1. The van der Waals surface area contributed by atoms with Crippen LogP contribution in [0.4, 0.5) is 0 Å². The van der Waals surface area contributed by atoms with Gasteiger partial charge in [-0.15, -0.1) is 11.6 Å². The van der Waals surface area contributed by atoms with Crippen molar-refractivity contribution in [3.05, 3.63) is 17.7 Å². The number of rotatable bonds is 2. The Kier molecular flexibility index (Phi) is 2.11. The molecule has 0 atom stereocenters. The van der Waals surface area contributed by atoms with Crippen LogP contribution in [-0.2, 0) is 12.3 Å². The van der Waals surface area contributed by atoms with Crippen molar-refractivity contribution >= 4 is 11.6 Å². The fourth-order valence-corrected chi connectivity index (χ4v) is 0.789. The summed E-state index contributed by atoms with van der Waals surface area (Å²) in [6, 6.07) is 0. The van der Waals surface area contributed by atoms with Crippen molar-refractivity contribution in [2.24, 2.45) is 0 Å². The van der Waals surface area contributed by atoms with Crippen LogP contribution in [0, 0.1) is 0 Å². The van der Waals surface area contributed by atoms with Crippen molar-refractivity contribution < 1.29 is 0 Å². The van der Waals surface area contributed by atoms with E-state index in [4.69, 9.17) is 11.6 Å². The van der Waals surface area contributed by atoms with Crippen LogP contribution in [0.2, 0.25) is 0 Å². The Morgan fingerprint density at radius 3 is 2.89 bits per heavy atom. The van der Waals surface area contributed by atoms with E-state index in [2.05, 4.69) is 16.9 Å². The molecule has 1 N–H and O–H groups in total. The zero-order chi connectivity index (χ0) is 6.69. The molecule has 0 saturated carbocycles. The molecule has 0 spiro atoms. The van der Waals surface area contributed by atoms with Gasteiger partial charge in [0.25, 0.3) is 0 Å². The molecule has 1 aromatic rings. The van der Waals surface area contributed by atoms with E-state index in [1.807, 2.05) is 6.20 Å². The zero-order valence-electron chi connectivity index (χ0n) is 5.32. The maximum atomic E-state index is 5.50. The van der Waals surface area contributed by atoms with Gasteiger partial charge in [0.1, 0.15) is 5.82 Å². The Morgan fingerprint density at radius 2 is 2.56 bits per heavy atom. The molecular weight excluding hydrogens is 136 g/mol. The number of aromatic nitrogens is 2. The highest BCUT2D eigenvalue weighted by Gasteiger charge is 1.94. The number of aromatic amines is 1. The van der Waals surface area contributed by atoms with Crippen molar-refractivity contribution in [1.82, 2.24) is 9.97 Å². The first kappa shape index (κ1) is 6.62. The second-order valence-electron chi connectivity index (χ2n) is 1.84. The summed E-state index contributed by atoms with van der Waals surface area (Å²) in [6.07, 6.45) is 2.81. The summed E-state index contributed by atoms with van der Waals surface area (Å²) in [4.78, 5) is 7.09. The molecule has 3 heteroatoms. The van der Waals surface area contributed by atoms with Crippen LogP contribution in [-0.4, -0.2) is 9.97 Å². The van der Waals surface area contributed by atoms with Gasteiger partial charge in [-0.25, -0.2) is 4.98 Å². The van der Waals surface area contributed by atoms with E-state index in [0.717, 1.165) is 17.9 Å². The summed E-state index contributed by atoms with van der Waals surface area (Å²) < 4.78 is 0. The lowest BCUT2D eigenvalue weighted by atomic mass is 10.4. The monoisotopic (exact) mass is 144 g/mol. The standard InChI is InChI=1S/C6H9ClN2/c1-2-5-4-8-6(3-7)9-5/h4H,2-3H2,1H3,(H,8,9). The van der Waals surface area contributed by atoms with Gasteiger partial charge in [-0.2, -0.15) is 0 Å². The molecule has 1 aromatic heterocycles. The Balaban J connectivity index is 2.74. The fraction of sp³-hybridized carbons (Fsp3) is 0.500. The highest BCUT2D eigenvalue weighted by atomic mass is 35.5. The van der Waals surface area contributed by atoms with E-state index in [1.165, 1.54) is 0 Å². The zero-order valence-corrected chi connectivity index (χ0v) is 6.07. The van der Waals surface area contributed by atoms with E-state index in [1.54, 1.807) is 0 Å². The summed E-state index contributed by atoms with van der Waals surface area (Å²) in [7, 11) is 0. The predicted molar refractivity (Wildman–Crippen MR) is 37.5 cm³/mol. The van der Waals surface area contributed by atoms with E-state index in [9.17, 15) is 0 Å². The molecule has 0 bridgehead atoms. The number of halogens is 1. The first-order valence-electron chi connectivity index (χ1n) is 2.95. The number of H-pyrrole nitrogens is 1. The minimum absolute atomic E-state index is 0.472. The summed E-state index contributed by atoms with van der Waals surface area (Å²) in [5.41, 5.74) is 1.14. The van der Waals surface area contributed by atoms with Crippen LogP contribution < -0.4 is 0 Å². The second-order valence-corrected chi connectivity index (χ2v) is 2.11. The maximum Gasteiger partial charge on any atom is 0.121 e. The first-order valence-corrected chi connectivity index (χ1v) is 3.49. The van der Waals surface area contributed by atoms with Crippen molar-refractivity contribution in [3.8, 4) is 0 Å². The summed E-state index contributed by atoms with van der Waals surface area (Å²) >= 11 is 5.50. The summed E-state index contributed by atoms with van der Waals surface area (Å²) in [5.74, 6) is 1.33. The van der Waals surface area contributed by atoms with Gasteiger partial charge in [0.05, 0.1) is 5.88 Å². The van der Waals surface area contributed by atoms with E-state index >= 15 is 0 Å².